The molecule has 1 aliphatic heterocycles. The van der Waals surface area contributed by atoms with Gasteiger partial charge in [-0.15, -0.1) is 0 Å². The molecule has 1 amide bonds. The van der Waals surface area contributed by atoms with Gasteiger partial charge in [0.05, 0.1) is 21.7 Å². The van der Waals surface area contributed by atoms with Crippen molar-refractivity contribution in [2.24, 2.45) is 11.8 Å². The molecule has 1 aromatic carbocycles. The summed E-state index contributed by atoms with van der Waals surface area (Å²) in [5.41, 5.74) is -0.459. The molecule has 1 saturated heterocycles. The molecule has 2 fully saturated rings. The zero-order chi connectivity index (χ0) is 30.9. The van der Waals surface area contributed by atoms with Gasteiger partial charge in [0.1, 0.15) is 11.4 Å². The number of rotatable bonds is 10. The summed E-state index contributed by atoms with van der Waals surface area (Å²) in [4.78, 5) is 16.8. The first-order chi connectivity index (χ1) is 19.0. The molecule has 10 heteroatoms. The molecule has 1 N–H and O–H groups in total. The van der Waals surface area contributed by atoms with E-state index in [2.05, 4.69) is 20.8 Å². The lowest BCUT2D eigenvalue weighted by atomic mass is 9.98. The minimum Gasteiger partial charge on any atom is -0.492 e. The lowest BCUT2D eigenvalue weighted by Crippen LogP contribution is -2.50. The van der Waals surface area contributed by atoms with Crippen molar-refractivity contribution in [3.8, 4) is 5.75 Å². The number of hydrogen-bond donors (Lipinski definition) is 1. The van der Waals surface area contributed by atoms with Crippen LogP contribution in [0.25, 0.3) is 0 Å². The predicted octanol–water partition coefficient (Wildman–Crippen LogP) is 6.64. The second kappa shape index (κ2) is 19.7. The third-order valence-corrected chi connectivity index (χ3v) is 8.81. The first kappa shape index (κ1) is 38.6. The summed E-state index contributed by atoms with van der Waals surface area (Å²) in [7, 11) is -2.23. The van der Waals surface area contributed by atoms with Gasteiger partial charge in [-0.25, -0.2) is 13.2 Å². The highest BCUT2D eigenvalue weighted by Gasteiger charge is 2.32. The summed E-state index contributed by atoms with van der Waals surface area (Å²) < 4.78 is 36.5. The van der Waals surface area contributed by atoms with Crippen LogP contribution in [-0.4, -0.2) is 87.2 Å². The van der Waals surface area contributed by atoms with Crippen LogP contribution >= 0.6 is 15.9 Å². The Morgan fingerprint density at radius 3 is 2.12 bits per heavy atom. The number of aliphatic hydroxyl groups is 1. The molecular formula is C30H55BrN2O6S. The van der Waals surface area contributed by atoms with Crippen LogP contribution in [0.1, 0.15) is 81.1 Å². The first-order valence-electron chi connectivity index (χ1n) is 14.8. The third kappa shape index (κ3) is 14.0. The lowest BCUT2D eigenvalue weighted by Gasteiger charge is -2.35. The lowest BCUT2D eigenvalue weighted by molar-refractivity contribution is 0.0142. The summed E-state index contributed by atoms with van der Waals surface area (Å²) in [6.07, 6.45) is 4.52. The van der Waals surface area contributed by atoms with E-state index < -0.39 is 15.4 Å². The van der Waals surface area contributed by atoms with Crippen LogP contribution in [0.4, 0.5) is 4.79 Å². The van der Waals surface area contributed by atoms with Gasteiger partial charge in [0, 0.05) is 33.3 Å². The number of aliphatic hydroxyl groups excluding tert-OH is 1. The van der Waals surface area contributed by atoms with Crippen LogP contribution in [0.15, 0.2) is 27.6 Å². The second-order valence-corrected chi connectivity index (χ2v) is 13.5. The second-order valence-electron chi connectivity index (χ2n) is 10.4. The van der Waals surface area contributed by atoms with Crippen LogP contribution < -0.4 is 4.74 Å². The van der Waals surface area contributed by atoms with Crippen LogP contribution in [0, 0.1) is 11.8 Å². The smallest absolute Gasteiger partial charge is 0.410 e. The van der Waals surface area contributed by atoms with Crippen molar-refractivity contribution in [1.29, 1.82) is 0 Å². The number of hydrogen-bond acceptors (Lipinski definition) is 7. The molecule has 40 heavy (non-hydrogen) atoms. The Hall–Kier alpha value is -1.36. The van der Waals surface area contributed by atoms with Crippen LogP contribution in [0.3, 0.4) is 0 Å². The summed E-state index contributed by atoms with van der Waals surface area (Å²) >= 11 is 3.47. The van der Waals surface area contributed by atoms with Gasteiger partial charge < -0.3 is 19.5 Å². The summed E-state index contributed by atoms with van der Waals surface area (Å²) in [6, 6.07) is 5.01. The van der Waals surface area contributed by atoms with Crippen molar-refractivity contribution in [1.82, 2.24) is 9.80 Å². The number of amides is 1. The maximum absolute atomic E-state index is 12.2. The van der Waals surface area contributed by atoms with Crippen molar-refractivity contribution < 1.29 is 27.8 Å². The number of benzene rings is 1. The Bertz CT molecular complexity index is 940. The Morgan fingerprint density at radius 2 is 1.65 bits per heavy atom. The van der Waals surface area contributed by atoms with E-state index in [1.165, 1.54) is 12.8 Å². The highest BCUT2D eigenvalue weighted by atomic mass is 79.9. The Labute approximate surface area is 252 Å². The molecule has 234 valence electrons. The summed E-state index contributed by atoms with van der Waals surface area (Å²) in [6.45, 7) is 20.2. The largest absolute Gasteiger partial charge is 0.492 e. The van der Waals surface area contributed by atoms with E-state index in [-0.39, 0.29) is 11.8 Å². The van der Waals surface area contributed by atoms with Gasteiger partial charge in [-0.2, -0.15) is 0 Å². The maximum atomic E-state index is 12.2. The third-order valence-electron chi connectivity index (χ3n) is 6.46. The van der Waals surface area contributed by atoms with E-state index in [1.54, 1.807) is 30.0 Å². The number of ether oxygens (including phenoxy) is 2. The first-order valence-corrected chi connectivity index (χ1v) is 17.2. The highest BCUT2D eigenvalue weighted by Crippen LogP contribution is 2.40. The molecule has 0 spiro atoms. The van der Waals surface area contributed by atoms with Crippen molar-refractivity contribution in [2.75, 3.05) is 52.2 Å². The van der Waals surface area contributed by atoms with E-state index in [0.29, 0.717) is 40.7 Å². The number of carbonyl (C=O) groups is 1. The van der Waals surface area contributed by atoms with Crippen LogP contribution in [0.2, 0.25) is 0 Å². The van der Waals surface area contributed by atoms with E-state index in [0.717, 1.165) is 45.5 Å². The maximum Gasteiger partial charge on any atom is 0.410 e. The SMILES string of the molecule is CC.CC.CCS(=O)(=O)c1ccc(OCC(CCCN2CCN(C(=O)OC(C)(C)C)CC2)C2CC2)c(Br)c1.CO. The van der Waals surface area contributed by atoms with Gasteiger partial charge in [0.25, 0.3) is 0 Å². The number of sulfone groups is 1. The number of piperazine rings is 1. The molecule has 1 aliphatic carbocycles. The minimum absolute atomic E-state index is 0.0828. The summed E-state index contributed by atoms with van der Waals surface area (Å²) in [5, 5.41) is 7.00. The average molecular weight is 652 g/mol. The average Bonchev–Trinajstić information content (AvgIpc) is 3.79. The normalized spacial score (nSPS) is 16.2. The number of halogens is 1. The van der Waals surface area contributed by atoms with E-state index in [9.17, 15) is 13.2 Å². The van der Waals surface area contributed by atoms with Gasteiger partial charge in [0.2, 0.25) is 0 Å². The molecule has 1 atom stereocenters. The Morgan fingerprint density at radius 1 is 1.07 bits per heavy atom. The zero-order valence-corrected chi connectivity index (χ0v) is 28.7. The minimum atomic E-state index is -3.23. The standard InChI is InChI=1S/C25H39BrN2O5S.2C2H6.CH4O/c1-5-34(30,31)21-10-11-23(22(26)17-21)32-18-20(19-8-9-19)7-6-12-27-13-15-28(16-14-27)24(29)33-25(2,3)4;3*1-2/h10-11,17,19-20H,5-9,12-16,18H2,1-4H3;2*1-2H3;2H,1H3. The molecule has 1 heterocycles. The Kier molecular flexibility index (Phi) is 19.0. The number of carbonyl (C=O) groups excluding carboxylic acids is 1. The fourth-order valence-corrected chi connectivity index (χ4v) is 5.79. The van der Waals surface area contributed by atoms with E-state index in [1.807, 2.05) is 48.5 Å². The fraction of sp³-hybridized carbons (Fsp3) is 0.767. The Balaban J connectivity index is 0.00000237. The molecule has 1 unspecified atom stereocenters. The molecule has 2 aliphatic rings. The topological polar surface area (TPSA) is 96.4 Å². The van der Waals surface area contributed by atoms with E-state index >= 15 is 0 Å². The molecule has 8 nitrogen and oxygen atoms in total. The quantitative estimate of drug-likeness (QED) is 0.303. The molecule has 3 rings (SSSR count). The van der Waals surface area contributed by atoms with Crippen molar-refractivity contribution in [2.45, 2.75) is 91.6 Å². The van der Waals surface area contributed by atoms with E-state index in [4.69, 9.17) is 14.6 Å². The molecule has 1 saturated carbocycles. The van der Waals surface area contributed by atoms with Gasteiger partial charge in [0.15, 0.2) is 9.84 Å². The van der Waals surface area contributed by atoms with Crippen molar-refractivity contribution in [3.63, 3.8) is 0 Å². The fourth-order valence-electron chi connectivity index (χ4n) is 4.24. The van der Waals surface area contributed by atoms with Crippen molar-refractivity contribution >= 4 is 31.9 Å². The molecular weight excluding hydrogens is 596 g/mol. The molecule has 0 aromatic heterocycles. The molecule has 0 radical (unpaired) electrons. The zero-order valence-electron chi connectivity index (χ0n) is 26.3. The van der Waals surface area contributed by atoms with Gasteiger partial charge in [-0.05, 0) is 99.0 Å². The van der Waals surface area contributed by atoms with Gasteiger partial charge in [-0.1, -0.05) is 34.6 Å². The van der Waals surface area contributed by atoms with Gasteiger partial charge in [-0.3, -0.25) is 4.90 Å². The molecule has 0 bridgehead atoms. The monoisotopic (exact) mass is 650 g/mol. The van der Waals surface area contributed by atoms with Crippen LogP contribution in [-0.2, 0) is 14.6 Å². The van der Waals surface area contributed by atoms with Crippen molar-refractivity contribution in [3.05, 3.63) is 22.7 Å². The van der Waals surface area contributed by atoms with Gasteiger partial charge >= 0.3 is 6.09 Å². The van der Waals surface area contributed by atoms with Crippen LogP contribution in [0.5, 0.6) is 5.75 Å². The molecule has 1 aromatic rings. The summed E-state index contributed by atoms with van der Waals surface area (Å²) in [5.74, 6) is 2.01. The predicted molar refractivity (Wildman–Crippen MR) is 168 cm³/mol. The number of nitrogens with zero attached hydrogens (tertiary/aromatic N) is 2. The highest BCUT2D eigenvalue weighted by molar-refractivity contribution is 9.10.